The number of hydrazine groups is 1. The summed E-state index contributed by atoms with van der Waals surface area (Å²) < 4.78 is 21.8. The smallest absolute Gasteiger partial charge is 0.224 e. The van der Waals surface area contributed by atoms with E-state index in [0.29, 0.717) is 6.42 Å². The zero-order chi connectivity index (χ0) is 10.9. The molecule has 0 rings (SSSR count). The Balaban J connectivity index is 3.22. The van der Waals surface area contributed by atoms with Gasteiger partial charge in [0.15, 0.2) is 0 Å². The monoisotopic (exact) mass is 222 g/mol. The molecule has 0 aliphatic rings. The molecule has 0 heterocycles. The fraction of sp³-hybridized carbons (Fsp3) is 1.00. The zero-order valence-electron chi connectivity index (χ0n) is 8.96. The van der Waals surface area contributed by atoms with Crippen LogP contribution < -0.4 is 10.7 Å². The van der Waals surface area contributed by atoms with Crippen LogP contribution >= 0.6 is 0 Å². The fourth-order valence-electron chi connectivity index (χ4n) is 1.31. The summed E-state index contributed by atoms with van der Waals surface area (Å²) in [4.78, 5) is 1.82. The Hall–Kier alpha value is -0.130. The van der Waals surface area contributed by atoms with Crippen molar-refractivity contribution < 1.29 is 8.42 Å². The Morgan fingerprint density at radius 3 is 2.00 bits per heavy atom. The third-order valence-electron chi connectivity index (χ3n) is 2.20. The molecule has 0 radical (unpaired) electrons. The molecule has 0 aliphatic heterocycles. The van der Waals surface area contributed by atoms with Gasteiger partial charge < -0.3 is 0 Å². The van der Waals surface area contributed by atoms with Crippen molar-refractivity contribution in [1.29, 1.82) is 0 Å². The molecule has 5 heteroatoms. The van der Waals surface area contributed by atoms with Gasteiger partial charge in [-0.2, -0.15) is 4.83 Å². The molecule has 0 fully saturated rings. The van der Waals surface area contributed by atoms with E-state index in [1.807, 2.05) is 4.83 Å². The maximum Gasteiger partial charge on any atom is 0.224 e. The minimum Gasteiger partial charge on any atom is -0.258 e. The highest BCUT2D eigenvalue weighted by Gasteiger charge is 2.05. The molecule has 0 spiro atoms. The van der Waals surface area contributed by atoms with E-state index in [1.165, 1.54) is 25.7 Å². The molecule has 0 aromatic carbocycles. The average molecular weight is 222 g/mol. The average Bonchev–Trinajstić information content (AvgIpc) is 2.16. The number of hydrogen-bond donors (Lipinski definition) is 2. The first-order valence-electron chi connectivity index (χ1n) is 5.32. The first-order valence-corrected chi connectivity index (χ1v) is 6.97. The van der Waals surface area contributed by atoms with Gasteiger partial charge in [0.05, 0.1) is 5.75 Å². The minimum atomic E-state index is -3.19. The van der Waals surface area contributed by atoms with Crippen LogP contribution in [0, 0.1) is 0 Å². The normalized spacial score (nSPS) is 11.9. The molecule has 4 nitrogen and oxygen atoms in total. The van der Waals surface area contributed by atoms with Gasteiger partial charge in [-0.05, 0) is 6.42 Å². The molecule has 0 saturated heterocycles. The van der Waals surface area contributed by atoms with Crippen molar-refractivity contribution >= 4 is 10.0 Å². The summed E-state index contributed by atoms with van der Waals surface area (Å²) in [6.07, 6.45) is 7.81. The first kappa shape index (κ1) is 13.9. The predicted octanol–water partition coefficient (Wildman–Crippen LogP) is 1.53. The molecular weight excluding hydrogens is 200 g/mol. The maximum absolute atomic E-state index is 10.9. The SMILES string of the molecule is CCCCCCCCCS(=O)(=O)NN. The topological polar surface area (TPSA) is 72.2 Å². The number of hydrogen-bond acceptors (Lipinski definition) is 3. The number of nitrogens with two attached hydrogens (primary N) is 1. The van der Waals surface area contributed by atoms with E-state index >= 15 is 0 Å². The highest BCUT2D eigenvalue weighted by Crippen LogP contribution is 2.07. The van der Waals surface area contributed by atoms with Crippen molar-refractivity contribution in [3.8, 4) is 0 Å². The summed E-state index contributed by atoms with van der Waals surface area (Å²) in [5, 5.41) is 0. The van der Waals surface area contributed by atoms with Gasteiger partial charge in [-0.25, -0.2) is 8.42 Å². The molecule has 0 aliphatic carbocycles. The van der Waals surface area contributed by atoms with Crippen molar-refractivity contribution in [2.45, 2.75) is 51.9 Å². The van der Waals surface area contributed by atoms with Crippen molar-refractivity contribution in [3.63, 3.8) is 0 Å². The van der Waals surface area contributed by atoms with Gasteiger partial charge in [-0.1, -0.05) is 45.4 Å². The Morgan fingerprint density at radius 2 is 1.50 bits per heavy atom. The molecule has 0 atom stereocenters. The number of rotatable bonds is 9. The van der Waals surface area contributed by atoms with Gasteiger partial charge in [0.25, 0.3) is 0 Å². The van der Waals surface area contributed by atoms with Crippen LogP contribution in [0.1, 0.15) is 51.9 Å². The van der Waals surface area contributed by atoms with E-state index in [2.05, 4.69) is 6.92 Å². The Kier molecular flexibility index (Phi) is 8.12. The van der Waals surface area contributed by atoms with Crippen LogP contribution in [0.2, 0.25) is 0 Å². The highest BCUT2D eigenvalue weighted by molar-refractivity contribution is 7.89. The fourth-order valence-corrected chi connectivity index (χ4v) is 2.01. The minimum absolute atomic E-state index is 0.150. The third kappa shape index (κ3) is 8.47. The summed E-state index contributed by atoms with van der Waals surface area (Å²) in [6, 6.07) is 0. The van der Waals surface area contributed by atoms with Crippen LogP contribution in [-0.2, 0) is 10.0 Å². The predicted molar refractivity (Wildman–Crippen MR) is 59.1 cm³/mol. The van der Waals surface area contributed by atoms with E-state index in [0.717, 1.165) is 12.8 Å². The molecule has 0 aromatic heterocycles. The summed E-state index contributed by atoms with van der Waals surface area (Å²) in [5.41, 5.74) is 0. The van der Waals surface area contributed by atoms with Crippen molar-refractivity contribution in [3.05, 3.63) is 0 Å². The zero-order valence-corrected chi connectivity index (χ0v) is 9.78. The Bertz CT molecular complexity index is 215. The van der Waals surface area contributed by atoms with Crippen LogP contribution in [0.3, 0.4) is 0 Å². The van der Waals surface area contributed by atoms with E-state index in [-0.39, 0.29) is 5.75 Å². The quantitative estimate of drug-likeness (QED) is 0.353. The molecule has 0 unspecified atom stereocenters. The molecule has 0 amide bonds. The van der Waals surface area contributed by atoms with E-state index in [9.17, 15) is 8.42 Å². The standard InChI is InChI=1S/C9H22N2O2S/c1-2-3-4-5-6-7-8-9-14(12,13)11-10/h11H,2-10H2,1H3. The Labute approximate surface area is 87.3 Å². The summed E-state index contributed by atoms with van der Waals surface area (Å²) >= 11 is 0. The second kappa shape index (κ2) is 8.20. The first-order chi connectivity index (χ1) is 6.62. The van der Waals surface area contributed by atoms with E-state index < -0.39 is 10.0 Å². The lowest BCUT2D eigenvalue weighted by molar-refractivity contribution is 0.570. The summed E-state index contributed by atoms with van der Waals surface area (Å²) in [5.74, 6) is 5.00. The lowest BCUT2D eigenvalue weighted by Crippen LogP contribution is -2.32. The summed E-state index contributed by atoms with van der Waals surface area (Å²) in [7, 11) is -3.19. The molecule has 3 N–H and O–H groups in total. The van der Waals surface area contributed by atoms with Gasteiger partial charge in [-0.3, -0.25) is 5.84 Å². The second-order valence-corrected chi connectivity index (χ2v) is 5.43. The summed E-state index contributed by atoms with van der Waals surface area (Å²) in [6.45, 7) is 2.18. The number of nitrogens with one attached hydrogen (secondary N) is 1. The van der Waals surface area contributed by atoms with E-state index in [1.54, 1.807) is 0 Å². The van der Waals surface area contributed by atoms with Gasteiger partial charge in [0, 0.05) is 0 Å². The van der Waals surface area contributed by atoms with Crippen molar-refractivity contribution in [2.75, 3.05) is 5.75 Å². The molecule has 0 bridgehead atoms. The van der Waals surface area contributed by atoms with Crippen LogP contribution in [0.25, 0.3) is 0 Å². The van der Waals surface area contributed by atoms with Gasteiger partial charge in [0.2, 0.25) is 10.0 Å². The molecule has 14 heavy (non-hydrogen) atoms. The van der Waals surface area contributed by atoms with Crippen LogP contribution in [-0.4, -0.2) is 14.2 Å². The van der Waals surface area contributed by atoms with Gasteiger partial charge in [0.1, 0.15) is 0 Å². The van der Waals surface area contributed by atoms with Crippen LogP contribution in [0.5, 0.6) is 0 Å². The lowest BCUT2D eigenvalue weighted by Gasteiger charge is -2.02. The van der Waals surface area contributed by atoms with Crippen molar-refractivity contribution in [2.24, 2.45) is 5.84 Å². The largest absolute Gasteiger partial charge is 0.258 e. The lowest BCUT2D eigenvalue weighted by atomic mass is 10.1. The van der Waals surface area contributed by atoms with Crippen LogP contribution in [0.4, 0.5) is 0 Å². The van der Waals surface area contributed by atoms with Gasteiger partial charge >= 0.3 is 0 Å². The van der Waals surface area contributed by atoms with Crippen LogP contribution in [0.15, 0.2) is 0 Å². The second-order valence-electron chi connectivity index (χ2n) is 3.56. The molecule has 86 valence electrons. The Morgan fingerprint density at radius 1 is 1.00 bits per heavy atom. The highest BCUT2D eigenvalue weighted by atomic mass is 32.2. The molecule has 0 aromatic rings. The molecule has 0 saturated carbocycles. The molecular formula is C9H22N2O2S. The third-order valence-corrected chi connectivity index (χ3v) is 3.38. The van der Waals surface area contributed by atoms with E-state index in [4.69, 9.17) is 5.84 Å². The van der Waals surface area contributed by atoms with Gasteiger partial charge in [-0.15, -0.1) is 0 Å². The number of sulfonamides is 1. The maximum atomic E-state index is 10.9. The van der Waals surface area contributed by atoms with Crippen molar-refractivity contribution in [1.82, 2.24) is 4.83 Å². The number of unbranched alkanes of at least 4 members (excludes halogenated alkanes) is 6.